The second kappa shape index (κ2) is 7.64. The van der Waals surface area contributed by atoms with Crippen LogP contribution in [0.15, 0.2) is 40.4 Å². The molecular formula is C15H21N3. The highest BCUT2D eigenvalue weighted by atomic mass is 15.3. The fourth-order valence-electron chi connectivity index (χ4n) is 2.02. The summed E-state index contributed by atoms with van der Waals surface area (Å²) in [5, 5.41) is 4.25. The second-order valence-electron chi connectivity index (χ2n) is 4.62. The molecule has 1 aromatic carbocycles. The molecule has 1 aromatic rings. The molecule has 3 nitrogen and oxygen atoms in total. The molecule has 0 aromatic heterocycles. The molecule has 1 N–H and O–H groups in total. The number of hydrogen-bond donors (Lipinski definition) is 1. The van der Waals surface area contributed by atoms with E-state index in [4.69, 9.17) is 0 Å². The van der Waals surface area contributed by atoms with Gasteiger partial charge in [0.15, 0.2) is 0 Å². The Labute approximate surface area is 109 Å². The number of rotatable bonds is 2. The van der Waals surface area contributed by atoms with Gasteiger partial charge in [-0.25, -0.2) is 0 Å². The molecule has 0 amide bonds. The zero-order valence-corrected chi connectivity index (χ0v) is 10.8. The highest BCUT2D eigenvalue weighted by molar-refractivity contribution is 5.84. The van der Waals surface area contributed by atoms with Gasteiger partial charge < -0.3 is 0 Å². The highest BCUT2D eigenvalue weighted by Crippen LogP contribution is 2.04. The van der Waals surface area contributed by atoms with E-state index in [9.17, 15) is 0 Å². The van der Waals surface area contributed by atoms with E-state index in [0.29, 0.717) is 0 Å². The van der Waals surface area contributed by atoms with Crippen LogP contribution in [0.2, 0.25) is 0 Å². The SMILES string of the molecule is C1=N/NC(Cc2ccccc2)=NCCCCCC/1. The smallest absolute Gasteiger partial charge is 0.121 e. The first-order chi connectivity index (χ1) is 8.95. The van der Waals surface area contributed by atoms with Crippen molar-refractivity contribution in [3.05, 3.63) is 35.9 Å². The number of amidine groups is 1. The van der Waals surface area contributed by atoms with Gasteiger partial charge in [-0.05, 0) is 24.8 Å². The van der Waals surface area contributed by atoms with Crippen molar-refractivity contribution in [2.75, 3.05) is 6.54 Å². The maximum absolute atomic E-state index is 4.61. The molecule has 1 aliphatic heterocycles. The van der Waals surface area contributed by atoms with Crippen LogP contribution in [-0.4, -0.2) is 18.6 Å². The van der Waals surface area contributed by atoms with E-state index >= 15 is 0 Å². The third-order valence-corrected chi connectivity index (χ3v) is 3.04. The van der Waals surface area contributed by atoms with Crippen molar-refractivity contribution in [1.29, 1.82) is 0 Å². The zero-order chi connectivity index (χ0) is 12.5. The average Bonchev–Trinajstić information content (AvgIpc) is 2.46. The van der Waals surface area contributed by atoms with Crippen molar-refractivity contribution in [3.8, 4) is 0 Å². The van der Waals surface area contributed by atoms with Gasteiger partial charge in [0.1, 0.15) is 5.84 Å². The predicted molar refractivity (Wildman–Crippen MR) is 77.2 cm³/mol. The monoisotopic (exact) mass is 243 g/mol. The number of aliphatic imine (C=N–C) groups is 1. The van der Waals surface area contributed by atoms with Gasteiger partial charge in [0, 0.05) is 19.2 Å². The van der Waals surface area contributed by atoms with Crippen LogP contribution in [0.5, 0.6) is 0 Å². The molecule has 0 spiro atoms. The molecule has 1 aliphatic rings. The average molecular weight is 243 g/mol. The Morgan fingerprint density at radius 2 is 1.83 bits per heavy atom. The first kappa shape index (κ1) is 12.8. The summed E-state index contributed by atoms with van der Waals surface area (Å²) in [5.74, 6) is 0.972. The molecule has 0 atom stereocenters. The molecule has 0 aliphatic carbocycles. The Bertz CT molecular complexity index is 395. The lowest BCUT2D eigenvalue weighted by molar-refractivity contribution is 0.662. The first-order valence-corrected chi connectivity index (χ1v) is 6.80. The van der Waals surface area contributed by atoms with Gasteiger partial charge in [-0.1, -0.05) is 43.2 Å². The standard InChI is InChI=1S/C15H21N3/c1-2-7-11-16-15(18-17-12-8-3-1)13-14-9-5-4-6-10-14/h4-6,9-10,12H,1-3,7-8,11,13H2,(H,16,18)/b17-12+. The molecule has 0 saturated heterocycles. The largest absolute Gasteiger partial charge is 0.271 e. The van der Waals surface area contributed by atoms with Crippen molar-refractivity contribution in [2.24, 2.45) is 10.1 Å². The number of nitrogens with one attached hydrogen (secondary N) is 1. The summed E-state index contributed by atoms with van der Waals surface area (Å²) in [6.45, 7) is 0.907. The van der Waals surface area contributed by atoms with E-state index in [-0.39, 0.29) is 0 Å². The van der Waals surface area contributed by atoms with Crippen molar-refractivity contribution in [3.63, 3.8) is 0 Å². The molecule has 0 bridgehead atoms. The molecule has 0 unspecified atom stereocenters. The lowest BCUT2D eigenvalue weighted by atomic mass is 10.1. The van der Waals surface area contributed by atoms with Crippen LogP contribution < -0.4 is 5.43 Å². The number of hydrogen-bond acceptors (Lipinski definition) is 3. The van der Waals surface area contributed by atoms with Crippen LogP contribution in [-0.2, 0) is 6.42 Å². The Kier molecular flexibility index (Phi) is 5.44. The third kappa shape index (κ3) is 4.70. The van der Waals surface area contributed by atoms with Crippen LogP contribution in [0, 0.1) is 0 Å². The molecule has 0 radical (unpaired) electrons. The number of benzene rings is 1. The van der Waals surface area contributed by atoms with Crippen molar-refractivity contribution >= 4 is 12.1 Å². The normalized spacial score (nSPS) is 19.2. The molecular weight excluding hydrogens is 222 g/mol. The van der Waals surface area contributed by atoms with Crippen LogP contribution in [0.3, 0.4) is 0 Å². The molecule has 0 fully saturated rings. The minimum absolute atomic E-state index is 0.832. The minimum Gasteiger partial charge on any atom is -0.271 e. The Hall–Kier alpha value is -1.64. The van der Waals surface area contributed by atoms with Crippen LogP contribution in [0.4, 0.5) is 0 Å². The summed E-state index contributed by atoms with van der Waals surface area (Å²) < 4.78 is 0. The molecule has 96 valence electrons. The van der Waals surface area contributed by atoms with Crippen LogP contribution >= 0.6 is 0 Å². The lowest BCUT2D eigenvalue weighted by Crippen LogP contribution is -2.21. The quantitative estimate of drug-likeness (QED) is 0.851. The van der Waals surface area contributed by atoms with Gasteiger partial charge in [0.05, 0.1) is 0 Å². The summed E-state index contributed by atoms with van der Waals surface area (Å²) in [7, 11) is 0. The number of nitrogens with zero attached hydrogens (tertiary/aromatic N) is 2. The number of hydrazone groups is 1. The van der Waals surface area contributed by atoms with Gasteiger partial charge in [-0.3, -0.25) is 10.4 Å². The summed E-state index contributed by atoms with van der Waals surface area (Å²) in [4.78, 5) is 4.61. The minimum atomic E-state index is 0.832. The second-order valence-corrected chi connectivity index (χ2v) is 4.62. The Morgan fingerprint density at radius 1 is 1.00 bits per heavy atom. The third-order valence-electron chi connectivity index (χ3n) is 3.04. The van der Waals surface area contributed by atoms with E-state index in [1.165, 1.54) is 31.2 Å². The fourth-order valence-corrected chi connectivity index (χ4v) is 2.02. The maximum Gasteiger partial charge on any atom is 0.121 e. The summed E-state index contributed by atoms with van der Waals surface area (Å²) in [5.41, 5.74) is 4.36. The van der Waals surface area contributed by atoms with E-state index in [1.54, 1.807) is 0 Å². The Morgan fingerprint density at radius 3 is 2.72 bits per heavy atom. The van der Waals surface area contributed by atoms with Crippen LogP contribution in [0.1, 0.15) is 37.7 Å². The molecule has 1 heterocycles. The molecule has 3 heteroatoms. The van der Waals surface area contributed by atoms with Crippen molar-refractivity contribution < 1.29 is 0 Å². The highest BCUT2D eigenvalue weighted by Gasteiger charge is 2.00. The topological polar surface area (TPSA) is 36.8 Å². The first-order valence-electron chi connectivity index (χ1n) is 6.80. The molecule has 18 heavy (non-hydrogen) atoms. The van der Waals surface area contributed by atoms with Crippen LogP contribution in [0.25, 0.3) is 0 Å². The van der Waals surface area contributed by atoms with Gasteiger partial charge in [0.2, 0.25) is 0 Å². The molecule has 0 saturated carbocycles. The predicted octanol–water partition coefficient (Wildman–Crippen LogP) is 3.17. The fraction of sp³-hybridized carbons (Fsp3) is 0.467. The Balaban J connectivity index is 1.97. The van der Waals surface area contributed by atoms with E-state index in [1.807, 2.05) is 12.3 Å². The maximum atomic E-state index is 4.61. The lowest BCUT2D eigenvalue weighted by Gasteiger charge is -2.06. The molecule has 2 rings (SSSR count). The summed E-state index contributed by atoms with van der Waals surface area (Å²) in [6, 6.07) is 10.4. The van der Waals surface area contributed by atoms with Crippen molar-refractivity contribution in [1.82, 2.24) is 5.43 Å². The zero-order valence-electron chi connectivity index (χ0n) is 10.8. The van der Waals surface area contributed by atoms with Gasteiger partial charge in [-0.2, -0.15) is 5.10 Å². The van der Waals surface area contributed by atoms with E-state index < -0.39 is 0 Å². The van der Waals surface area contributed by atoms with E-state index in [2.05, 4.69) is 39.8 Å². The van der Waals surface area contributed by atoms with Gasteiger partial charge in [0.25, 0.3) is 0 Å². The van der Waals surface area contributed by atoms with Crippen molar-refractivity contribution in [2.45, 2.75) is 38.5 Å². The summed E-state index contributed by atoms with van der Waals surface area (Å²) >= 11 is 0. The van der Waals surface area contributed by atoms with Gasteiger partial charge in [-0.15, -0.1) is 0 Å². The van der Waals surface area contributed by atoms with Gasteiger partial charge >= 0.3 is 0 Å². The van der Waals surface area contributed by atoms with E-state index in [0.717, 1.165) is 25.2 Å². The summed E-state index contributed by atoms with van der Waals surface area (Å²) in [6.07, 6.45) is 8.83.